The van der Waals surface area contributed by atoms with E-state index in [1.165, 1.54) is 12.8 Å². The first kappa shape index (κ1) is 15.8. The van der Waals surface area contributed by atoms with Gasteiger partial charge in [0.2, 0.25) is 0 Å². The van der Waals surface area contributed by atoms with E-state index in [4.69, 9.17) is 5.11 Å². The summed E-state index contributed by atoms with van der Waals surface area (Å²) in [4.78, 5) is 22.8. The average Bonchev–Trinajstić information content (AvgIpc) is 2.70. The lowest BCUT2D eigenvalue weighted by Gasteiger charge is -2.19. The van der Waals surface area contributed by atoms with Gasteiger partial charge in [-0.2, -0.15) is 0 Å². The normalized spacial score (nSPS) is 24.2. The summed E-state index contributed by atoms with van der Waals surface area (Å²) >= 11 is 0. The van der Waals surface area contributed by atoms with Gasteiger partial charge in [0.25, 0.3) is 0 Å². The lowest BCUT2D eigenvalue weighted by atomic mass is 9.98. The zero-order valence-corrected chi connectivity index (χ0v) is 12.1. The molecule has 0 radical (unpaired) electrons. The number of carboxylic acid groups (broad SMARTS) is 1. The summed E-state index contributed by atoms with van der Waals surface area (Å²) in [5.41, 5.74) is 0. The van der Waals surface area contributed by atoms with E-state index >= 15 is 0 Å². The maximum Gasteiger partial charge on any atom is 0.326 e. The number of rotatable bonds is 6. The number of nitrogens with one attached hydrogen (secondary N) is 2. The molecule has 0 bridgehead atoms. The monoisotopic (exact) mass is 270 g/mol. The largest absolute Gasteiger partial charge is 0.480 e. The Bertz CT molecular complexity index is 318. The van der Waals surface area contributed by atoms with Crippen molar-refractivity contribution in [3.8, 4) is 0 Å². The van der Waals surface area contributed by atoms with Crippen molar-refractivity contribution in [3.05, 3.63) is 0 Å². The van der Waals surface area contributed by atoms with Crippen molar-refractivity contribution in [1.82, 2.24) is 10.6 Å². The van der Waals surface area contributed by atoms with Crippen LogP contribution in [0, 0.1) is 17.8 Å². The maximum atomic E-state index is 11.7. The van der Waals surface area contributed by atoms with Gasteiger partial charge in [0.1, 0.15) is 6.04 Å². The lowest BCUT2D eigenvalue weighted by Crippen LogP contribution is -2.47. The predicted molar refractivity (Wildman–Crippen MR) is 73.9 cm³/mol. The first-order valence-corrected chi connectivity index (χ1v) is 7.17. The summed E-state index contributed by atoms with van der Waals surface area (Å²) < 4.78 is 0. The minimum atomic E-state index is -0.974. The zero-order chi connectivity index (χ0) is 14.4. The number of hydrogen-bond donors (Lipinski definition) is 3. The quantitative estimate of drug-likeness (QED) is 0.692. The average molecular weight is 270 g/mol. The summed E-state index contributed by atoms with van der Waals surface area (Å²) in [6, 6.07) is -1.17. The fourth-order valence-corrected chi connectivity index (χ4v) is 2.65. The molecular weight excluding hydrogens is 244 g/mol. The highest BCUT2D eigenvalue weighted by Gasteiger charge is 2.25. The number of carbonyl (C=O) groups excluding carboxylic acids is 1. The molecule has 19 heavy (non-hydrogen) atoms. The fraction of sp³-hybridized carbons (Fsp3) is 0.857. The van der Waals surface area contributed by atoms with E-state index in [1.807, 2.05) is 13.8 Å². The van der Waals surface area contributed by atoms with Gasteiger partial charge in [0, 0.05) is 6.54 Å². The SMILES string of the molecule is CC(C)CC(NC(=O)NCC1CCCC1C)C(=O)O. The van der Waals surface area contributed by atoms with Crippen LogP contribution in [0.1, 0.15) is 46.5 Å². The van der Waals surface area contributed by atoms with Gasteiger partial charge in [-0.05, 0) is 30.6 Å². The van der Waals surface area contributed by atoms with E-state index in [2.05, 4.69) is 17.6 Å². The number of urea groups is 1. The fourth-order valence-electron chi connectivity index (χ4n) is 2.65. The van der Waals surface area contributed by atoms with Gasteiger partial charge < -0.3 is 15.7 Å². The number of aliphatic carboxylic acids is 1. The Morgan fingerprint density at radius 2 is 2.00 bits per heavy atom. The van der Waals surface area contributed by atoms with Crippen LogP contribution in [0.25, 0.3) is 0 Å². The second-order valence-corrected chi connectivity index (χ2v) is 6.04. The van der Waals surface area contributed by atoms with E-state index in [1.54, 1.807) is 0 Å². The number of carboxylic acids is 1. The zero-order valence-electron chi connectivity index (χ0n) is 12.1. The second kappa shape index (κ2) is 7.36. The van der Waals surface area contributed by atoms with Gasteiger partial charge >= 0.3 is 12.0 Å². The predicted octanol–water partition coefficient (Wildman–Crippen LogP) is 2.22. The Morgan fingerprint density at radius 1 is 1.32 bits per heavy atom. The molecule has 1 rings (SSSR count). The van der Waals surface area contributed by atoms with Crippen molar-refractivity contribution in [2.24, 2.45) is 17.8 Å². The minimum Gasteiger partial charge on any atom is -0.480 e. The number of carbonyl (C=O) groups is 2. The topological polar surface area (TPSA) is 78.4 Å². The van der Waals surface area contributed by atoms with Gasteiger partial charge in [0.15, 0.2) is 0 Å². The smallest absolute Gasteiger partial charge is 0.326 e. The molecule has 0 spiro atoms. The Balaban J connectivity index is 2.33. The molecule has 1 saturated carbocycles. The van der Waals surface area contributed by atoms with Gasteiger partial charge in [-0.15, -0.1) is 0 Å². The van der Waals surface area contributed by atoms with Crippen LogP contribution in [0.5, 0.6) is 0 Å². The molecule has 0 saturated heterocycles. The summed E-state index contributed by atoms with van der Waals surface area (Å²) in [6.45, 7) is 6.72. The van der Waals surface area contributed by atoms with Crippen LogP contribution < -0.4 is 10.6 Å². The third kappa shape index (κ3) is 5.49. The minimum absolute atomic E-state index is 0.233. The van der Waals surface area contributed by atoms with Gasteiger partial charge in [-0.3, -0.25) is 0 Å². The molecule has 0 aromatic rings. The van der Waals surface area contributed by atoms with Crippen LogP contribution in [-0.4, -0.2) is 29.7 Å². The van der Waals surface area contributed by atoms with Crippen LogP contribution in [0.2, 0.25) is 0 Å². The molecule has 0 aromatic heterocycles. The molecule has 2 amide bonds. The lowest BCUT2D eigenvalue weighted by molar-refractivity contribution is -0.139. The first-order chi connectivity index (χ1) is 8.90. The molecular formula is C14H26N2O3. The van der Waals surface area contributed by atoms with Crippen molar-refractivity contribution in [3.63, 3.8) is 0 Å². The van der Waals surface area contributed by atoms with Gasteiger partial charge in [0.05, 0.1) is 0 Å². The Kier molecular flexibility index (Phi) is 6.12. The highest BCUT2D eigenvalue weighted by molar-refractivity contribution is 5.82. The number of hydrogen-bond acceptors (Lipinski definition) is 2. The second-order valence-electron chi connectivity index (χ2n) is 6.04. The summed E-state index contributed by atoms with van der Waals surface area (Å²) in [5.74, 6) is 0.430. The van der Waals surface area contributed by atoms with Crippen LogP contribution in [-0.2, 0) is 4.79 Å². The summed E-state index contributed by atoms with van der Waals surface area (Å²) in [7, 11) is 0. The molecule has 0 heterocycles. The molecule has 1 fully saturated rings. The molecule has 0 aliphatic heterocycles. The van der Waals surface area contributed by atoms with E-state index in [-0.39, 0.29) is 11.9 Å². The molecule has 3 atom stereocenters. The molecule has 3 N–H and O–H groups in total. The van der Waals surface area contributed by atoms with Crippen molar-refractivity contribution in [1.29, 1.82) is 0 Å². The van der Waals surface area contributed by atoms with Crippen LogP contribution in [0.15, 0.2) is 0 Å². The Hall–Kier alpha value is -1.26. The van der Waals surface area contributed by atoms with Gasteiger partial charge in [-0.25, -0.2) is 9.59 Å². The van der Waals surface area contributed by atoms with E-state index < -0.39 is 12.0 Å². The molecule has 5 heteroatoms. The highest BCUT2D eigenvalue weighted by atomic mass is 16.4. The molecule has 110 valence electrons. The summed E-state index contributed by atoms with van der Waals surface area (Å²) in [6.07, 6.45) is 4.04. The maximum absolute atomic E-state index is 11.7. The number of amides is 2. The van der Waals surface area contributed by atoms with E-state index in [0.29, 0.717) is 24.8 Å². The third-order valence-corrected chi connectivity index (χ3v) is 3.87. The van der Waals surface area contributed by atoms with E-state index in [9.17, 15) is 9.59 Å². The van der Waals surface area contributed by atoms with Crippen molar-refractivity contribution in [2.75, 3.05) is 6.54 Å². The molecule has 3 unspecified atom stereocenters. The standard InChI is InChI=1S/C14H26N2O3/c1-9(2)7-12(13(17)18)16-14(19)15-8-11-6-4-5-10(11)3/h9-12H,4-8H2,1-3H3,(H,17,18)(H2,15,16,19). The molecule has 1 aliphatic carbocycles. The molecule has 5 nitrogen and oxygen atoms in total. The Morgan fingerprint density at radius 3 is 2.47 bits per heavy atom. The highest BCUT2D eigenvalue weighted by Crippen LogP contribution is 2.30. The van der Waals surface area contributed by atoms with Crippen molar-refractivity contribution < 1.29 is 14.7 Å². The summed E-state index contributed by atoms with van der Waals surface area (Å²) in [5, 5.41) is 14.4. The van der Waals surface area contributed by atoms with Crippen LogP contribution in [0.3, 0.4) is 0 Å². The Labute approximate surface area is 115 Å². The van der Waals surface area contributed by atoms with Crippen LogP contribution >= 0.6 is 0 Å². The van der Waals surface area contributed by atoms with Crippen molar-refractivity contribution >= 4 is 12.0 Å². The van der Waals surface area contributed by atoms with Crippen LogP contribution in [0.4, 0.5) is 4.79 Å². The van der Waals surface area contributed by atoms with Crippen molar-refractivity contribution in [2.45, 2.75) is 52.5 Å². The molecule has 1 aliphatic rings. The van der Waals surface area contributed by atoms with E-state index in [0.717, 1.165) is 6.42 Å². The van der Waals surface area contributed by atoms with Gasteiger partial charge in [-0.1, -0.05) is 33.6 Å². The third-order valence-electron chi connectivity index (χ3n) is 3.87. The first-order valence-electron chi connectivity index (χ1n) is 7.17. The molecule has 0 aromatic carbocycles.